The Balaban J connectivity index is 2.37. The zero-order chi connectivity index (χ0) is 17.9. The highest BCUT2D eigenvalue weighted by Gasteiger charge is 2.24. The highest BCUT2D eigenvalue weighted by Crippen LogP contribution is 2.31. The van der Waals surface area contributed by atoms with E-state index in [4.69, 9.17) is 4.74 Å². The third-order valence-corrected chi connectivity index (χ3v) is 3.95. The summed E-state index contributed by atoms with van der Waals surface area (Å²) in [6.07, 6.45) is -0.00742. The molecule has 0 aliphatic heterocycles. The van der Waals surface area contributed by atoms with E-state index in [1.54, 1.807) is 25.6 Å². The SMILES string of the molecule is COC(=O)c1c(NC(=O)N(C)CCC(C)O)c2ccccc2n1C. The van der Waals surface area contributed by atoms with Crippen LogP contribution in [-0.2, 0) is 11.8 Å². The van der Waals surface area contributed by atoms with E-state index in [0.29, 0.717) is 18.7 Å². The standard InChI is InChI=1S/C17H23N3O4/c1-11(21)9-10-19(2)17(23)18-14-12-7-5-6-8-13(12)20(3)15(14)16(22)24-4/h5-8,11,21H,9-10H2,1-4H3,(H,18,23). The van der Waals surface area contributed by atoms with Gasteiger partial charge in [0, 0.05) is 26.0 Å². The van der Waals surface area contributed by atoms with Gasteiger partial charge in [0.2, 0.25) is 0 Å². The van der Waals surface area contributed by atoms with Crippen molar-refractivity contribution in [2.75, 3.05) is 26.0 Å². The molecule has 0 spiro atoms. The van der Waals surface area contributed by atoms with Crippen molar-refractivity contribution in [3.63, 3.8) is 0 Å². The summed E-state index contributed by atoms with van der Waals surface area (Å²) in [5.74, 6) is -0.518. The number of rotatable bonds is 5. The summed E-state index contributed by atoms with van der Waals surface area (Å²) in [5.41, 5.74) is 1.53. The Morgan fingerprint density at radius 2 is 2.04 bits per heavy atom. The number of aromatic nitrogens is 1. The van der Waals surface area contributed by atoms with Crippen LogP contribution in [0.1, 0.15) is 23.8 Å². The first-order valence-electron chi connectivity index (χ1n) is 7.72. The van der Waals surface area contributed by atoms with Gasteiger partial charge in [-0.3, -0.25) is 0 Å². The van der Waals surface area contributed by atoms with Crippen LogP contribution in [0.25, 0.3) is 10.9 Å². The van der Waals surface area contributed by atoms with Crippen molar-refractivity contribution in [3.05, 3.63) is 30.0 Å². The number of methoxy groups -OCH3 is 1. The molecule has 2 aromatic rings. The number of urea groups is 1. The topological polar surface area (TPSA) is 83.8 Å². The molecule has 1 aromatic carbocycles. The van der Waals surface area contributed by atoms with Crippen molar-refractivity contribution >= 4 is 28.6 Å². The molecule has 0 saturated carbocycles. The van der Waals surface area contributed by atoms with Gasteiger partial charge in [0.15, 0.2) is 5.69 Å². The first-order valence-corrected chi connectivity index (χ1v) is 7.72. The van der Waals surface area contributed by atoms with E-state index in [1.165, 1.54) is 12.0 Å². The van der Waals surface area contributed by atoms with Crippen LogP contribution < -0.4 is 5.32 Å². The summed E-state index contributed by atoms with van der Waals surface area (Å²) in [4.78, 5) is 26.0. The maximum absolute atomic E-state index is 12.4. The average molecular weight is 333 g/mol. The maximum atomic E-state index is 12.4. The number of hydrogen-bond acceptors (Lipinski definition) is 4. The van der Waals surface area contributed by atoms with Crippen LogP contribution >= 0.6 is 0 Å². The number of aliphatic hydroxyl groups excluding tert-OH is 1. The number of esters is 1. The molecule has 2 amide bonds. The first kappa shape index (κ1) is 17.8. The number of para-hydroxylation sites is 1. The molecule has 0 saturated heterocycles. The number of aryl methyl sites for hydroxylation is 1. The molecule has 1 unspecified atom stereocenters. The molecule has 1 aromatic heterocycles. The zero-order valence-electron chi connectivity index (χ0n) is 14.4. The fraction of sp³-hybridized carbons (Fsp3) is 0.412. The van der Waals surface area contributed by atoms with Gasteiger partial charge in [0.25, 0.3) is 0 Å². The van der Waals surface area contributed by atoms with Gasteiger partial charge < -0.3 is 24.6 Å². The Bertz CT molecular complexity index is 752. The number of carbonyl (C=O) groups is 2. The van der Waals surface area contributed by atoms with E-state index < -0.39 is 12.1 Å². The van der Waals surface area contributed by atoms with Crippen LogP contribution in [-0.4, -0.2) is 53.4 Å². The van der Waals surface area contributed by atoms with Crippen LogP contribution in [0, 0.1) is 0 Å². The molecule has 2 rings (SSSR count). The second-order valence-electron chi connectivity index (χ2n) is 5.78. The molecule has 24 heavy (non-hydrogen) atoms. The Morgan fingerprint density at radius 3 is 2.67 bits per heavy atom. The molecule has 2 N–H and O–H groups in total. The molecule has 7 nitrogen and oxygen atoms in total. The molecule has 0 aliphatic rings. The molecule has 1 atom stereocenters. The Labute approximate surface area is 140 Å². The largest absolute Gasteiger partial charge is 0.464 e. The molecule has 0 fully saturated rings. The van der Waals surface area contributed by atoms with Gasteiger partial charge in [-0.05, 0) is 19.4 Å². The molecule has 1 heterocycles. The molecular formula is C17H23N3O4. The highest BCUT2D eigenvalue weighted by atomic mass is 16.5. The molecular weight excluding hydrogens is 310 g/mol. The Hall–Kier alpha value is -2.54. The average Bonchev–Trinajstić information content (AvgIpc) is 2.84. The summed E-state index contributed by atoms with van der Waals surface area (Å²) in [6.45, 7) is 2.08. The summed E-state index contributed by atoms with van der Waals surface area (Å²) in [5, 5.41) is 12.9. The molecule has 130 valence electrons. The molecule has 0 radical (unpaired) electrons. The summed E-state index contributed by atoms with van der Waals surface area (Å²) >= 11 is 0. The summed E-state index contributed by atoms with van der Waals surface area (Å²) in [6, 6.07) is 7.07. The number of aliphatic hydroxyl groups is 1. The molecule has 0 bridgehead atoms. The lowest BCUT2D eigenvalue weighted by molar-refractivity contribution is 0.0591. The Kier molecular flexibility index (Phi) is 5.46. The Morgan fingerprint density at radius 1 is 1.38 bits per heavy atom. The third kappa shape index (κ3) is 3.51. The minimum atomic E-state index is -0.518. The van der Waals surface area contributed by atoms with E-state index in [1.807, 2.05) is 24.3 Å². The van der Waals surface area contributed by atoms with Gasteiger partial charge in [-0.25, -0.2) is 9.59 Å². The van der Waals surface area contributed by atoms with E-state index >= 15 is 0 Å². The van der Waals surface area contributed by atoms with Crippen LogP contribution in [0.3, 0.4) is 0 Å². The molecule has 7 heteroatoms. The van der Waals surface area contributed by atoms with Gasteiger partial charge in [-0.2, -0.15) is 0 Å². The van der Waals surface area contributed by atoms with Crippen molar-refractivity contribution in [1.29, 1.82) is 0 Å². The molecule has 0 aliphatic carbocycles. The van der Waals surface area contributed by atoms with Gasteiger partial charge in [0.05, 0.1) is 24.4 Å². The normalized spacial score (nSPS) is 12.0. The number of fused-ring (bicyclic) bond motifs is 1. The smallest absolute Gasteiger partial charge is 0.356 e. The van der Waals surface area contributed by atoms with Crippen LogP contribution in [0.4, 0.5) is 10.5 Å². The lowest BCUT2D eigenvalue weighted by Gasteiger charge is -2.19. The summed E-state index contributed by atoms with van der Waals surface area (Å²) < 4.78 is 6.55. The van der Waals surface area contributed by atoms with E-state index in [9.17, 15) is 14.7 Å². The second kappa shape index (κ2) is 7.35. The maximum Gasteiger partial charge on any atom is 0.356 e. The van der Waals surface area contributed by atoms with Gasteiger partial charge in [0.1, 0.15) is 0 Å². The van der Waals surface area contributed by atoms with Crippen molar-refractivity contribution in [1.82, 2.24) is 9.47 Å². The van der Waals surface area contributed by atoms with Crippen LogP contribution in [0.5, 0.6) is 0 Å². The second-order valence-corrected chi connectivity index (χ2v) is 5.78. The van der Waals surface area contributed by atoms with E-state index in [-0.39, 0.29) is 11.7 Å². The fourth-order valence-electron chi connectivity index (χ4n) is 2.54. The van der Waals surface area contributed by atoms with Crippen molar-refractivity contribution in [3.8, 4) is 0 Å². The van der Waals surface area contributed by atoms with Crippen molar-refractivity contribution < 1.29 is 19.4 Å². The summed E-state index contributed by atoms with van der Waals surface area (Å²) in [7, 11) is 4.70. The number of anilines is 1. The number of carbonyl (C=O) groups excluding carboxylic acids is 2. The number of benzene rings is 1. The number of hydrogen-bond donors (Lipinski definition) is 2. The zero-order valence-corrected chi connectivity index (χ0v) is 14.4. The van der Waals surface area contributed by atoms with Crippen LogP contribution in [0.2, 0.25) is 0 Å². The van der Waals surface area contributed by atoms with Gasteiger partial charge in [-0.1, -0.05) is 18.2 Å². The number of nitrogens with one attached hydrogen (secondary N) is 1. The first-order chi connectivity index (χ1) is 11.4. The predicted molar refractivity (Wildman–Crippen MR) is 92.2 cm³/mol. The predicted octanol–water partition coefficient (Wildman–Crippen LogP) is 2.20. The highest BCUT2D eigenvalue weighted by molar-refractivity contribution is 6.11. The van der Waals surface area contributed by atoms with Crippen molar-refractivity contribution in [2.45, 2.75) is 19.4 Å². The minimum absolute atomic E-state index is 0.288. The van der Waals surface area contributed by atoms with Gasteiger partial charge >= 0.3 is 12.0 Å². The van der Waals surface area contributed by atoms with E-state index in [2.05, 4.69) is 5.32 Å². The van der Waals surface area contributed by atoms with E-state index in [0.717, 1.165) is 10.9 Å². The monoisotopic (exact) mass is 333 g/mol. The fourth-order valence-corrected chi connectivity index (χ4v) is 2.54. The number of amides is 2. The minimum Gasteiger partial charge on any atom is -0.464 e. The number of nitrogens with zero attached hydrogens (tertiary/aromatic N) is 2. The van der Waals surface area contributed by atoms with Gasteiger partial charge in [-0.15, -0.1) is 0 Å². The number of ether oxygens (including phenoxy) is 1. The lowest BCUT2D eigenvalue weighted by atomic mass is 10.2. The van der Waals surface area contributed by atoms with Crippen LogP contribution in [0.15, 0.2) is 24.3 Å². The quantitative estimate of drug-likeness (QED) is 0.822. The lowest BCUT2D eigenvalue weighted by Crippen LogP contribution is -2.33. The third-order valence-electron chi connectivity index (χ3n) is 3.95. The van der Waals surface area contributed by atoms with Crippen molar-refractivity contribution in [2.24, 2.45) is 7.05 Å².